The number of unbranched alkanes of at least 4 members (excludes halogenated alkanes) is 1. The van der Waals surface area contributed by atoms with Crippen LogP contribution in [0.25, 0.3) is 11.6 Å². The maximum Gasteiger partial charge on any atom is 0.199 e. The first-order valence-electron chi connectivity index (χ1n) is 13.2. The number of Topliss-reactive ketones (excluding diaryl/α,β-unsaturated/α-hetero) is 1. The van der Waals surface area contributed by atoms with Gasteiger partial charge in [-0.2, -0.15) is 0 Å². The monoisotopic (exact) mass is 506 g/mol. The third-order valence-electron chi connectivity index (χ3n) is 6.67. The van der Waals surface area contributed by atoms with Gasteiger partial charge in [0.2, 0.25) is 0 Å². The Morgan fingerprint density at radius 1 is 0.895 bits per heavy atom. The molecule has 4 heteroatoms. The van der Waals surface area contributed by atoms with E-state index in [2.05, 4.69) is 133 Å². The Hall–Kier alpha value is -4.10. The van der Waals surface area contributed by atoms with Crippen LogP contribution in [0.2, 0.25) is 0 Å². The summed E-state index contributed by atoms with van der Waals surface area (Å²) in [6, 6.07) is 17.1. The highest BCUT2D eigenvalue weighted by molar-refractivity contribution is 6.03. The minimum Gasteiger partial charge on any atom is -0.378 e. The van der Waals surface area contributed by atoms with Crippen LogP contribution in [0.5, 0.6) is 0 Å². The Labute approximate surface area is 229 Å². The van der Waals surface area contributed by atoms with Crippen molar-refractivity contribution in [2.24, 2.45) is 0 Å². The van der Waals surface area contributed by atoms with Gasteiger partial charge in [-0.25, -0.2) is 4.58 Å². The third-order valence-corrected chi connectivity index (χ3v) is 6.67. The van der Waals surface area contributed by atoms with Gasteiger partial charge in [0.1, 0.15) is 19.9 Å². The standard InChI is InChI=1S/C34H40N3O/c1-7-8-9-10-33(38)25-26-37(6)32-18-11-27(12-19-32)13-24-34(28-14-20-30(21-15-28)35(2)3)29-16-22-31(23-17-29)36(4)5/h1,11-24H,8-10,25-26H2,2-6H3/q+1. The van der Waals surface area contributed by atoms with E-state index in [9.17, 15) is 4.79 Å². The lowest BCUT2D eigenvalue weighted by Gasteiger charge is -2.19. The summed E-state index contributed by atoms with van der Waals surface area (Å²) >= 11 is 0. The Balaban J connectivity index is 1.77. The van der Waals surface area contributed by atoms with Gasteiger partial charge in [0.05, 0.1) is 0 Å². The Morgan fingerprint density at radius 3 is 2.11 bits per heavy atom. The lowest BCUT2D eigenvalue weighted by Crippen LogP contribution is -2.20. The minimum absolute atomic E-state index is 0.270. The van der Waals surface area contributed by atoms with Gasteiger partial charge in [0, 0.05) is 70.5 Å². The fraction of sp³-hybridized carbons (Fsp3) is 0.294. The summed E-state index contributed by atoms with van der Waals surface area (Å²) in [4.78, 5) is 16.3. The molecule has 0 bridgehead atoms. The Bertz CT molecular complexity index is 1270. The van der Waals surface area contributed by atoms with Crippen molar-refractivity contribution >= 4 is 34.5 Å². The van der Waals surface area contributed by atoms with Crippen molar-refractivity contribution in [3.63, 3.8) is 0 Å². The fourth-order valence-corrected chi connectivity index (χ4v) is 4.19. The molecular weight excluding hydrogens is 466 g/mol. The zero-order valence-electron chi connectivity index (χ0n) is 23.4. The molecule has 0 unspecified atom stereocenters. The first-order chi connectivity index (χ1) is 18.3. The second kappa shape index (κ2) is 14.0. The van der Waals surface area contributed by atoms with Crippen molar-refractivity contribution in [1.82, 2.24) is 0 Å². The van der Waals surface area contributed by atoms with Crippen LogP contribution in [0.15, 0.2) is 84.5 Å². The van der Waals surface area contributed by atoms with Gasteiger partial charge >= 0.3 is 0 Å². The van der Waals surface area contributed by atoms with E-state index in [0.717, 1.165) is 17.7 Å². The average molecular weight is 507 g/mol. The zero-order valence-corrected chi connectivity index (χ0v) is 23.4. The number of rotatable bonds is 11. The Morgan fingerprint density at radius 2 is 1.53 bits per heavy atom. The lowest BCUT2D eigenvalue weighted by molar-refractivity contribution is -0.462. The van der Waals surface area contributed by atoms with Crippen molar-refractivity contribution < 1.29 is 9.37 Å². The molecule has 0 fully saturated rings. The van der Waals surface area contributed by atoms with E-state index in [4.69, 9.17) is 6.42 Å². The van der Waals surface area contributed by atoms with Crippen molar-refractivity contribution in [2.75, 3.05) is 51.6 Å². The highest BCUT2D eigenvalue weighted by Crippen LogP contribution is 2.27. The van der Waals surface area contributed by atoms with Crippen LogP contribution in [-0.2, 0) is 4.79 Å². The zero-order chi connectivity index (χ0) is 27.5. The van der Waals surface area contributed by atoms with Gasteiger partial charge in [-0.3, -0.25) is 4.79 Å². The highest BCUT2D eigenvalue weighted by atomic mass is 16.1. The molecule has 0 saturated carbocycles. The number of anilines is 2. The van der Waals surface area contributed by atoms with Crippen molar-refractivity contribution in [3.05, 3.63) is 95.6 Å². The number of hydrogen-bond acceptors (Lipinski definition) is 3. The van der Waals surface area contributed by atoms with Gasteiger partial charge in [-0.05, 0) is 65.1 Å². The van der Waals surface area contributed by atoms with Gasteiger partial charge in [0.25, 0.3) is 0 Å². The van der Waals surface area contributed by atoms with E-state index in [1.807, 2.05) is 7.05 Å². The molecule has 0 amide bonds. The number of hydrogen-bond donors (Lipinski definition) is 0. The summed E-state index contributed by atoms with van der Waals surface area (Å²) in [6.07, 6.45) is 20.9. The largest absolute Gasteiger partial charge is 0.378 e. The third kappa shape index (κ3) is 8.21. The molecule has 0 heterocycles. The number of nitrogens with zero attached hydrogens (tertiary/aromatic N) is 3. The van der Waals surface area contributed by atoms with Gasteiger partial charge in [-0.15, -0.1) is 12.3 Å². The topological polar surface area (TPSA) is 26.6 Å². The molecule has 4 nitrogen and oxygen atoms in total. The van der Waals surface area contributed by atoms with E-state index in [1.54, 1.807) is 0 Å². The quantitative estimate of drug-likeness (QED) is 0.205. The SMILES string of the molecule is C#CCCCC(=O)CCN(C)c1ccc(/C=C/C(=C2C=CC(=[N+](C)C)C=C2)c2ccc(N(C)C)cc2)cc1. The maximum atomic E-state index is 12.1. The van der Waals surface area contributed by atoms with Crippen LogP contribution in [0.1, 0.15) is 36.8 Å². The number of carbonyl (C=O) groups excluding carboxylic acids is 1. The van der Waals surface area contributed by atoms with E-state index in [1.165, 1.54) is 28.1 Å². The molecular formula is C34H40N3O+. The molecule has 0 radical (unpaired) electrons. The van der Waals surface area contributed by atoms with Crippen molar-refractivity contribution in [2.45, 2.75) is 25.7 Å². The van der Waals surface area contributed by atoms with Gasteiger partial charge in [0.15, 0.2) is 5.71 Å². The predicted octanol–water partition coefficient (Wildman–Crippen LogP) is 6.26. The second-order valence-corrected chi connectivity index (χ2v) is 9.99. The fourth-order valence-electron chi connectivity index (χ4n) is 4.19. The Kier molecular flexibility index (Phi) is 10.5. The summed E-state index contributed by atoms with van der Waals surface area (Å²) in [5.74, 6) is 2.86. The first-order valence-corrected chi connectivity index (χ1v) is 13.2. The molecule has 38 heavy (non-hydrogen) atoms. The highest BCUT2D eigenvalue weighted by Gasteiger charge is 2.10. The van der Waals surface area contributed by atoms with Crippen LogP contribution in [0, 0.1) is 12.3 Å². The van der Waals surface area contributed by atoms with E-state index >= 15 is 0 Å². The lowest BCUT2D eigenvalue weighted by atomic mass is 9.95. The molecule has 0 aromatic heterocycles. The van der Waals surface area contributed by atoms with Crippen LogP contribution in [-0.4, -0.2) is 57.9 Å². The predicted molar refractivity (Wildman–Crippen MR) is 164 cm³/mol. The number of allylic oxidation sites excluding steroid dienone is 7. The smallest absolute Gasteiger partial charge is 0.199 e. The van der Waals surface area contributed by atoms with Crippen LogP contribution < -0.4 is 9.80 Å². The molecule has 0 saturated heterocycles. The molecule has 0 N–H and O–H groups in total. The van der Waals surface area contributed by atoms with Crippen LogP contribution in [0.3, 0.4) is 0 Å². The molecule has 2 aromatic rings. The summed E-state index contributed by atoms with van der Waals surface area (Å²) in [7, 11) is 10.2. The number of ketones is 1. The van der Waals surface area contributed by atoms with Gasteiger partial charge < -0.3 is 9.80 Å². The van der Waals surface area contributed by atoms with E-state index in [0.29, 0.717) is 25.8 Å². The normalized spacial score (nSPS) is 12.5. The van der Waals surface area contributed by atoms with Crippen LogP contribution in [0.4, 0.5) is 11.4 Å². The number of benzene rings is 2. The first kappa shape index (κ1) is 28.5. The number of terminal acetylenes is 1. The van der Waals surface area contributed by atoms with E-state index in [-0.39, 0.29) is 5.78 Å². The molecule has 196 valence electrons. The average Bonchev–Trinajstić information content (AvgIpc) is 2.93. The maximum absolute atomic E-state index is 12.1. The summed E-state index contributed by atoms with van der Waals surface area (Å²) in [6.45, 7) is 0.702. The van der Waals surface area contributed by atoms with Crippen LogP contribution >= 0.6 is 0 Å². The molecule has 3 rings (SSSR count). The number of carbonyl (C=O) groups is 1. The molecule has 1 aliphatic rings. The summed E-state index contributed by atoms with van der Waals surface area (Å²) in [5.41, 5.74) is 8.09. The van der Waals surface area contributed by atoms with Crippen molar-refractivity contribution in [3.8, 4) is 12.3 Å². The van der Waals surface area contributed by atoms with Crippen molar-refractivity contribution in [1.29, 1.82) is 0 Å². The molecule has 0 spiro atoms. The molecule has 0 atom stereocenters. The molecule has 1 aliphatic carbocycles. The van der Waals surface area contributed by atoms with Gasteiger partial charge in [-0.1, -0.05) is 36.4 Å². The summed E-state index contributed by atoms with van der Waals surface area (Å²) in [5, 5.41) is 0. The molecule has 0 aliphatic heterocycles. The summed E-state index contributed by atoms with van der Waals surface area (Å²) < 4.78 is 2.11. The minimum atomic E-state index is 0.270. The second-order valence-electron chi connectivity index (χ2n) is 9.99. The van der Waals surface area contributed by atoms with E-state index < -0.39 is 0 Å². The molecule has 2 aromatic carbocycles.